The lowest BCUT2D eigenvalue weighted by Crippen LogP contribution is -2.38. The summed E-state index contributed by atoms with van der Waals surface area (Å²) in [6.45, 7) is 1.58. The molecule has 0 aromatic carbocycles. The average molecular weight is 339 g/mol. The number of aromatic nitrogens is 2. The zero-order chi connectivity index (χ0) is 17.8. The van der Waals surface area contributed by atoms with Crippen molar-refractivity contribution < 1.29 is 9.59 Å². The van der Waals surface area contributed by atoms with Crippen molar-refractivity contribution in [3.63, 3.8) is 0 Å². The largest absolute Gasteiger partial charge is 0.371 e. The summed E-state index contributed by atoms with van der Waals surface area (Å²) in [5.41, 5.74) is 14.0. The number of piperidine rings is 1. The van der Waals surface area contributed by atoms with Crippen LogP contribution in [0.5, 0.6) is 0 Å². The number of hydrogen-bond acceptors (Lipinski definition) is 5. The fraction of sp³-hybridized carbons (Fsp3) is 0.333. The number of hydrogen-bond donors (Lipinski definition) is 2. The summed E-state index contributed by atoms with van der Waals surface area (Å²) in [5, 5.41) is 0. The molecule has 1 saturated heterocycles. The fourth-order valence-electron chi connectivity index (χ4n) is 3.11. The number of anilines is 1. The van der Waals surface area contributed by atoms with Crippen LogP contribution in [0.15, 0.2) is 36.7 Å². The first kappa shape index (κ1) is 16.9. The first-order valence-electron chi connectivity index (χ1n) is 8.27. The predicted octanol–water partition coefficient (Wildman–Crippen LogP) is 0.873. The van der Waals surface area contributed by atoms with Gasteiger partial charge in [0.15, 0.2) is 0 Å². The number of carbonyl (C=O) groups excluding carboxylic acids is 2. The maximum Gasteiger partial charge on any atom is 0.223 e. The van der Waals surface area contributed by atoms with Crippen LogP contribution in [-0.4, -0.2) is 34.9 Å². The molecule has 0 saturated carbocycles. The van der Waals surface area contributed by atoms with E-state index in [1.54, 1.807) is 12.4 Å². The summed E-state index contributed by atoms with van der Waals surface area (Å²) in [4.78, 5) is 33.2. The second-order valence-electron chi connectivity index (χ2n) is 6.24. The predicted molar refractivity (Wildman–Crippen MR) is 94.5 cm³/mol. The highest BCUT2D eigenvalue weighted by Gasteiger charge is 2.23. The van der Waals surface area contributed by atoms with Gasteiger partial charge in [-0.25, -0.2) is 0 Å². The molecular formula is C18H21N5O2. The van der Waals surface area contributed by atoms with Crippen molar-refractivity contribution in [2.45, 2.75) is 19.3 Å². The Kier molecular flexibility index (Phi) is 4.92. The summed E-state index contributed by atoms with van der Waals surface area (Å²) in [6.07, 6.45) is 5.06. The molecule has 25 heavy (non-hydrogen) atoms. The molecule has 0 radical (unpaired) electrons. The van der Waals surface area contributed by atoms with Gasteiger partial charge in [0.05, 0.1) is 17.8 Å². The van der Waals surface area contributed by atoms with E-state index in [0.29, 0.717) is 5.69 Å². The molecule has 130 valence electrons. The zero-order valence-corrected chi connectivity index (χ0v) is 13.9. The molecule has 2 aromatic rings. The van der Waals surface area contributed by atoms with E-state index >= 15 is 0 Å². The molecule has 1 aliphatic rings. The Hall–Kier alpha value is -2.96. The van der Waals surface area contributed by atoms with Gasteiger partial charge in [-0.3, -0.25) is 19.6 Å². The minimum Gasteiger partial charge on any atom is -0.371 e. The van der Waals surface area contributed by atoms with Crippen molar-refractivity contribution in [1.29, 1.82) is 0 Å². The normalized spacial score (nSPS) is 15.1. The molecule has 0 aliphatic carbocycles. The number of primary amides is 2. The van der Waals surface area contributed by atoms with Gasteiger partial charge in [0.2, 0.25) is 11.8 Å². The fourth-order valence-corrected chi connectivity index (χ4v) is 3.11. The van der Waals surface area contributed by atoms with Crippen LogP contribution < -0.4 is 16.4 Å². The Morgan fingerprint density at radius 2 is 1.80 bits per heavy atom. The SMILES string of the molecule is NC(=O)Cc1cc(-c2cc(N3CCC(C(N)=O)CC3)ccn2)ccn1. The van der Waals surface area contributed by atoms with E-state index in [1.807, 2.05) is 24.3 Å². The topological polar surface area (TPSA) is 115 Å². The summed E-state index contributed by atoms with van der Waals surface area (Å²) in [6, 6.07) is 7.65. The van der Waals surface area contributed by atoms with Crippen LogP contribution in [-0.2, 0) is 16.0 Å². The highest BCUT2D eigenvalue weighted by atomic mass is 16.1. The molecule has 7 heteroatoms. The molecule has 0 atom stereocenters. The van der Waals surface area contributed by atoms with E-state index in [-0.39, 0.29) is 18.2 Å². The molecule has 3 heterocycles. The minimum absolute atomic E-state index is 0.0332. The molecule has 0 bridgehead atoms. The minimum atomic E-state index is -0.413. The van der Waals surface area contributed by atoms with Crippen molar-refractivity contribution >= 4 is 17.5 Å². The summed E-state index contributed by atoms with van der Waals surface area (Å²) in [5.74, 6) is -0.661. The molecule has 1 fully saturated rings. The van der Waals surface area contributed by atoms with Crippen LogP contribution in [0.4, 0.5) is 5.69 Å². The van der Waals surface area contributed by atoms with Crippen molar-refractivity contribution in [2.24, 2.45) is 17.4 Å². The first-order valence-corrected chi connectivity index (χ1v) is 8.27. The molecule has 2 aromatic heterocycles. The third-order valence-electron chi connectivity index (χ3n) is 4.47. The maximum atomic E-state index is 11.3. The van der Waals surface area contributed by atoms with Gasteiger partial charge in [0, 0.05) is 42.7 Å². The molecule has 7 nitrogen and oxygen atoms in total. The van der Waals surface area contributed by atoms with Gasteiger partial charge in [-0.15, -0.1) is 0 Å². The summed E-state index contributed by atoms with van der Waals surface area (Å²) in [7, 11) is 0. The molecule has 4 N–H and O–H groups in total. The molecule has 0 spiro atoms. The van der Waals surface area contributed by atoms with Gasteiger partial charge in [0.1, 0.15) is 0 Å². The third-order valence-corrected chi connectivity index (χ3v) is 4.47. The van der Waals surface area contributed by atoms with Crippen molar-refractivity contribution in [2.75, 3.05) is 18.0 Å². The first-order chi connectivity index (χ1) is 12.0. The number of carbonyl (C=O) groups is 2. The Morgan fingerprint density at radius 1 is 1.08 bits per heavy atom. The zero-order valence-electron chi connectivity index (χ0n) is 13.9. The van der Waals surface area contributed by atoms with E-state index in [4.69, 9.17) is 11.5 Å². The van der Waals surface area contributed by atoms with Gasteiger partial charge in [0.25, 0.3) is 0 Å². The summed E-state index contributed by atoms with van der Waals surface area (Å²) < 4.78 is 0. The van der Waals surface area contributed by atoms with Crippen LogP contribution >= 0.6 is 0 Å². The van der Waals surface area contributed by atoms with Gasteiger partial charge < -0.3 is 16.4 Å². The second-order valence-corrected chi connectivity index (χ2v) is 6.24. The monoisotopic (exact) mass is 339 g/mol. The van der Waals surface area contributed by atoms with E-state index < -0.39 is 5.91 Å². The molecule has 1 aliphatic heterocycles. The van der Waals surface area contributed by atoms with Gasteiger partial charge >= 0.3 is 0 Å². The number of rotatable bonds is 5. The maximum absolute atomic E-state index is 11.3. The van der Waals surface area contributed by atoms with E-state index in [1.165, 1.54) is 0 Å². The van der Waals surface area contributed by atoms with Gasteiger partial charge in [-0.05, 0) is 37.1 Å². The van der Waals surface area contributed by atoms with Gasteiger partial charge in [-0.1, -0.05) is 0 Å². The van der Waals surface area contributed by atoms with Crippen LogP contribution in [0.3, 0.4) is 0 Å². The molecular weight excluding hydrogens is 318 g/mol. The molecule has 2 amide bonds. The number of amides is 2. The Balaban J connectivity index is 1.78. The lowest BCUT2D eigenvalue weighted by Gasteiger charge is -2.32. The average Bonchev–Trinajstić information content (AvgIpc) is 2.61. The van der Waals surface area contributed by atoms with Crippen molar-refractivity contribution in [1.82, 2.24) is 9.97 Å². The third kappa shape index (κ3) is 4.12. The molecule has 3 rings (SSSR count). The summed E-state index contributed by atoms with van der Waals surface area (Å²) >= 11 is 0. The van der Waals surface area contributed by atoms with Crippen LogP contribution in [0, 0.1) is 5.92 Å². The Labute approximate surface area is 146 Å². The molecule has 0 unspecified atom stereocenters. The lowest BCUT2D eigenvalue weighted by atomic mass is 9.96. The highest BCUT2D eigenvalue weighted by molar-refractivity contribution is 5.77. The van der Waals surface area contributed by atoms with Gasteiger partial charge in [-0.2, -0.15) is 0 Å². The van der Waals surface area contributed by atoms with E-state index in [9.17, 15) is 9.59 Å². The smallest absolute Gasteiger partial charge is 0.223 e. The van der Waals surface area contributed by atoms with Crippen LogP contribution in [0.25, 0.3) is 11.3 Å². The Morgan fingerprint density at radius 3 is 2.48 bits per heavy atom. The highest BCUT2D eigenvalue weighted by Crippen LogP contribution is 2.26. The number of nitrogens with zero attached hydrogens (tertiary/aromatic N) is 3. The quantitative estimate of drug-likeness (QED) is 0.839. The lowest BCUT2D eigenvalue weighted by molar-refractivity contribution is -0.122. The number of nitrogens with two attached hydrogens (primary N) is 2. The second kappa shape index (κ2) is 7.29. The van der Waals surface area contributed by atoms with E-state index in [2.05, 4.69) is 14.9 Å². The van der Waals surface area contributed by atoms with Crippen molar-refractivity contribution in [3.05, 3.63) is 42.4 Å². The van der Waals surface area contributed by atoms with Crippen LogP contribution in [0.1, 0.15) is 18.5 Å². The van der Waals surface area contributed by atoms with Crippen LogP contribution in [0.2, 0.25) is 0 Å². The Bertz CT molecular complexity index is 785. The van der Waals surface area contributed by atoms with Crippen molar-refractivity contribution in [3.8, 4) is 11.3 Å². The number of pyridine rings is 2. The standard InChI is InChI=1S/C18H21N5O2/c19-17(24)10-14-9-13(1-5-21-14)16-11-15(2-6-22-16)23-7-3-12(4-8-23)18(20)25/h1-2,5-6,9,11-12H,3-4,7-8,10H2,(H2,19,24)(H2,20,25). The van der Waals surface area contributed by atoms with E-state index in [0.717, 1.165) is 42.9 Å².